The van der Waals surface area contributed by atoms with E-state index in [9.17, 15) is 10.1 Å². The number of nitrogen functional groups attached to an aromatic ring is 1. The van der Waals surface area contributed by atoms with Crippen molar-refractivity contribution in [3.05, 3.63) is 45.6 Å². The predicted octanol–water partition coefficient (Wildman–Crippen LogP) is 4.26. The number of nitrogens with zero attached hydrogens (tertiary/aromatic N) is 4. The van der Waals surface area contributed by atoms with E-state index in [1.54, 1.807) is 29.7 Å². The van der Waals surface area contributed by atoms with E-state index < -0.39 is 0 Å². The summed E-state index contributed by atoms with van der Waals surface area (Å²) in [5, 5.41) is 11.0. The zero-order chi connectivity index (χ0) is 20.5. The van der Waals surface area contributed by atoms with Crippen LogP contribution in [0.5, 0.6) is 0 Å². The van der Waals surface area contributed by atoms with Crippen molar-refractivity contribution in [1.29, 1.82) is 5.26 Å². The summed E-state index contributed by atoms with van der Waals surface area (Å²) in [6, 6.07) is 9.46. The second-order valence-corrected chi connectivity index (χ2v) is 7.41. The molecule has 7 heteroatoms. The summed E-state index contributed by atoms with van der Waals surface area (Å²) in [7, 11) is 1.72. The zero-order valence-corrected chi connectivity index (χ0v) is 17.5. The number of anilines is 1. The minimum absolute atomic E-state index is 0.154. The molecule has 1 heterocycles. The van der Waals surface area contributed by atoms with Crippen molar-refractivity contribution in [3.8, 4) is 6.07 Å². The fraction of sp³-hybridized carbons (Fsp3) is 0.381. The van der Waals surface area contributed by atoms with Gasteiger partial charge in [-0.15, -0.1) is 11.3 Å². The summed E-state index contributed by atoms with van der Waals surface area (Å²) in [6.45, 7) is 6.35. The Kier molecular flexibility index (Phi) is 8.02. The molecular weight excluding hydrogens is 370 g/mol. The molecule has 0 saturated carbocycles. The second-order valence-electron chi connectivity index (χ2n) is 6.53. The van der Waals surface area contributed by atoms with Crippen LogP contribution in [-0.2, 0) is 6.54 Å². The monoisotopic (exact) mass is 397 g/mol. The van der Waals surface area contributed by atoms with E-state index in [2.05, 4.69) is 29.8 Å². The maximum absolute atomic E-state index is 13.0. The number of rotatable bonds is 9. The first kappa shape index (κ1) is 21.5. The van der Waals surface area contributed by atoms with Gasteiger partial charge in [0, 0.05) is 32.1 Å². The first-order chi connectivity index (χ1) is 13.5. The van der Waals surface area contributed by atoms with Crippen LogP contribution in [0.25, 0.3) is 0 Å². The number of carbonyl (C=O) groups excluding carboxylic acids is 1. The molecule has 148 valence electrons. The van der Waals surface area contributed by atoms with Gasteiger partial charge < -0.3 is 15.5 Å². The molecule has 0 atom stereocenters. The normalized spacial score (nSPS) is 10.8. The highest BCUT2D eigenvalue weighted by Crippen LogP contribution is 2.34. The molecule has 2 N–H and O–H groups in total. The minimum atomic E-state index is -0.154. The Labute approximate surface area is 170 Å². The van der Waals surface area contributed by atoms with Gasteiger partial charge in [-0.1, -0.05) is 31.5 Å². The molecule has 0 spiro atoms. The van der Waals surface area contributed by atoms with E-state index in [0.717, 1.165) is 31.5 Å². The quantitative estimate of drug-likeness (QED) is 0.506. The molecule has 0 fully saturated rings. The van der Waals surface area contributed by atoms with Crippen molar-refractivity contribution >= 4 is 35.0 Å². The van der Waals surface area contributed by atoms with Gasteiger partial charge in [0.2, 0.25) is 0 Å². The van der Waals surface area contributed by atoms with Crippen LogP contribution in [0.4, 0.5) is 11.4 Å². The van der Waals surface area contributed by atoms with Gasteiger partial charge in [0.25, 0.3) is 5.91 Å². The number of carbonyl (C=O) groups is 1. The van der Waals surface area contributed by atoms with Crippen molar-refractivity contribution in [2.75, 3.05) is 25.9 Å². The highest BCUT2D eigenvalue weighted by molar-refractivity contribution is 7.13. The summed E-state index contributed by atoms with van der Waals surface area (Å²) in [6.07, 6.45) is 3.98. The van der Waals surface area contributed by atoms with Crippen molar-refractivity contribution in [2.24, 2.45) is 4.99 Å². The molecule has 6 nitrogen and oxygen atoms in total. The third kappa shape index (κ3) is 5.33. The number of aliphatic imine (C=N–C) groups is 1. The number of unbranched alkanes of at least 4 members (excludes halogenated alkanes) is 1. The zero-order valence-electron chi connectivity index (χ0n) is 16.7. The molecule has 0 bridgehead atoms. The lowest BCUT2D eigenvalue weighted by molar-refractivity contribution is 0.0790. The topological polar surface area (TPSA) is 85.7 Å². The van der Waals surface area contributed by atoms with Crippen molar-refractivity contribution in [1.82, 2.24) is 9.80 Å². The van der Waals surface area contributed by atoms with Gasteiger partial charge in [0.05, 0.1) is 23.7 Å². The molecule has 0 radical (unpaired) electrons. The van der Waals surface area contributed by atoms with Crippen LogP contribution in [0.2, 0.25) is 0 Å². The smallest absolute Gasteiger partial charge is 0.266 e. The first-order valence-corrected chi connectivity index (χ1v) is 10.3. The molecule has 0 saturated heterocycles. The minimum Gasteiger partial charge on any atom is -0.396 e. The van der Waals surface area contributed by atoms with Gasteiger partial charge in [-0.25, -0.2) is 4.99 Å². The van der Waals surface area contributed by atoms with E-state index in [4.69, 9.17) is 5.73 Å². The third-order valence-electron chi connectivity index (χ3n) is 4.43. The number of hydrogen-bond acceptors (Lipinski definition) is 5. The number of hydrogen-bond donors (Lipinski definition) is 1. The largest absolute Gasteiger partial charge is 0.396 e. The van der Waals surface area contributed by atoms with Crippen molar-refractivity contribution < 1.29 is 4.79 Å². The van der Waals surface area contributed by atoms with Gasteiger partial charge in [0.15, 0.2) is 0 Å². The van der Waals surface area contributed by atoms with Crippen molar-refractivity contribution in [3.63, 3.8) is 0 Å². The number of thiophene rings is 1. The first-order valence-electron chi connectivity index (χ1n) is 9.40. The Balaban J connectivity index is 2.19. The standard InChI is InChI=1S/C21H27N5OS/c1-4-6-11-26(5-2)15-24-19-18(23)14-28-20(19)21(27)25(3)13-17-10-8-7-9-16(17)12-22/h7-10,14-15H,4-6,11,13,23H2,1-3H3. The van der Waals surface area contributed by atoms with Gasteiger partial charge in [-0.3, -0.25) is 4.79 Å². The van der Waals surface area contributed by atoms with Crippen LogP contribution in [0.1, 0.15) is 47.5 Å². The lowest BCUT2D eigenvalue weighted by Gasteiger charge is -2.18. The fourth-order valence-corrected chi connectivity index (χ4v) is 3.61. The summed E-state index contributed by atoms with van der Waals surface area (Å²) in [5.41, 5.74) is 8.47. The van der Waals surface area contributed by atoms with Crippen LogP contribution >= 0.6 is 11.3 Å². The average Bonchev–Trinajstić information content (AvgIpc) is 3.08. The van der Waals surface area contributed by atoms with Crippen LogP contribution in [0.3, 0.4) is 0 Å². The second kappa shape index (κ2) is 10.5. The van der Waals surface area contributed by atoms with Crippen LogP contribution < -0.4 is 5.73 Å². The molecular formula is C21H27N5OS. The van der Waals surface area contributed by atoms with E-state index >= 15 is 0 Å². The number of nitriles is 1. The highest BCUT2D eigenvalue weighted by atomic mass is 32.1. The van der Waals surface area contributed by atoms with E-state index in [1.807, 2.05) is 18.2 Å². The Morgan fingerprint density at radius 2 is 2.11 bits per heavy atom. The summed E-state index contributed by atoms with van der Waals surface area (Å²) in [4.78, 5) is 21.7. The molecule has 1 aromatic heterocycles. The highest BCUT2D eigenvalue weighted by Gasteiger charge is 2.21. The molecule has 0 aliphatic carbocycles. The maximum Gasteiger partial charge on any atom is 0.266 e. The Morgan fingerprint density at radius 3 is 2.79 bits per heavy atom. The number of benzene rings is 1. The van der Waals surface area contributed by atoms with E-state index in [1.165, 1.54) is 11.3 Å². The van der Waals surface area contributed by atoms with E-state index in [0.29, 0.717) is 28.4 Å². The fourth-order valence-electron chi connectivity index (χ4n) is 2.72. The van der Waals surface area contributed by atoms with Crippen LogP contribution in [-0.4, -0.2) is 42.2 Å². The van der Waals surface area contributed by atoms with Crippen LogP contribution in [0, 0.1) is 11.3 Å². The molecule has 2 aromatic rings. The molecule has 0 unspecified atom stereocenters. The molecule has 1 aromatic carbocycles. The molecule has 1 amide bonds. The van der Waals surface area contributed by atoms with Crippen molar-refractivity contribution in [2.45, 2.75) is 33.2 Å². The van der Waals surface area contributed by atoms with Gasteiger partial charge in [0.1, 0.15) is 10.6 Å². The van der Waals surface area contributed by atoms with Gasteiger partial charge in [-0.05, 0) is 25.0 Å². The van der Waals surface area contributed by atoms with E-state index in [-0.39, 0.29) is 5.91 Å². The summed E-state index contributed by atoms with van der Waals surface area (Å²) in [5.74, 6) is -0.154. The summed E-state index contributed by atoms with van der Waals surface area (Å²) >= 11 is 1.30. The summed E-state index contributed by atoms with van der Waals surface area (Å²) < 4.78 is 0. The molecule has 0 aliphatic rings. The van der Waals surface area contributed by atoms with Crippen LogP contribution in [0.15, 0.2) is 34.6 Å². The predicted molar refractivity (Wildman–Crippen MR) is 116 cm³/mol. The van der Waals surface area contributed by atoms with Gasteiger partial charge >= 0.3 is 0 Å². The average molecular weight is 398 g/mol. The molecule has 28 heavy (non-hydrogen) atoms. The Bertz CT molecular complexity index is 868. The van der Waals surface area contributed by atoms with Gasteiger partial charge in [-0.2, -0.15) is 5.26 Å². The SMILES string of the molecule is CCCCN(C=Nc1c(N)csc1C(=O)N(C)Cc1ccccc1C#N)CC. The lowest BCUT2D eigenvalue weighted by atomic mass is 10.1. The Hall–Kier alpha value is -2.85. The Morgan fingerprint density at radius 1 is 1.36 bits per heavy atom. The maximum atomic E-state index is 13.0. The number of nitrogens with two attached hydrogens (primary N) is 1. The molecule has 2 rings (SSSR count). The molecule has 0 aliphatic heterocycles. The lowest BCUT2D eigenvalue weighted by Crippen LogP contribution is -2.26. The third-order valence-corrected chi connectivity index (χ3v) is 5.41. The number of amides is 1.